The molecule has 0 saturated heterocycles. The molecule has 2 atom stereocenters. The van der Waals surface area contributed by atoms with E-state index < -0.39 is 35.7 Å². The van der Waals surface area contributed by atoms with Crippen LogP contribution in [0.4, 0.5) is 14.5 Å². The Morgan fingerprint density at radius 1 is 0.833 bits per heavy atom. The van der Waals surface area contributed by atoms with E-state index in [0.29, 0.717) is 11.3 Å². The van der Waals surface area contributed by atoms with Crippen molar-refractivity contribution in [1.29, 1.82) is 0 Å². The van der Waals surface area contributed by atoms with Crippen LogP contribution in [0.15, 0.2) is 78.9 Å². The molecule has 0 heterocycles. The van der Waals surface area contributed by atoms with E-state index in [1.165, 1.54) is 55.5 Å². The van der Waals surface area contributed by atoms with E-state index in [4.69, 9.17) is 9.47 Å². The molecular formula is C23H19F2NO4. The number of carbonyl (C=O) groups excluding carboxylic acids is 2. The molecule has 5 nitrogen and oxygen atoms in total. The van der Waals surface area contributed by atoms with Crippen molar-refractivity contribution in [3.05, 3.63) is 96.1 Å². The van der Waals surface area contributed by atoms with Gasteiger partial charge in [0.2, 0.25) is 6.10 Å². The van der Waals surface area contributed by atoms with Crippen LogP contribution in [0.2, 0.25) is 0 Å². The predicted octanol–water partition coefficient (Wildman–Crippen LogP) is 4.66. The van der Waals surface area contributed by atoms with Gasteiger partial charge < -0.3 is 14.8 Å². The van der Waals surface area contributed by atoms with Crippen LogP contribution < -0.4 is 10.1 Å². The zero-order valence-corrected chi connectivity index (χ0v) is 16.0. The van der Waals surface area contributed by atoms with E-state index >= 15 is 0 Å². The Hall–Kier alpha value is -3.74. The number of nitrogens with one attached hydrogen (secondary N) is 1. The summed E-state index contributed by atoms with van der Waals surface area (Å²) in [6.45, 7) is 1.46. The zero-order valence-electron chi connectivity index (χ0n) is 16.0. The van der Waals surface area contributed by atoms with Crippen molar-refractivity contribution >= 4 is 17.6 Å². The van der Waals surface area contributed by atoms with Crippen molar-refractivity contribution in [2.45, 2.75) is 19.1 Å². The van der Waals surface area contributed by atoms with Crippen molar-refractivity contribution in [2.75, 3.05) is 5.32 Å². The lowest BCUT2D eigenvalue weighted by Crippen LogP contribution is -2.32. The fourth-order valence-corrected chi connectivity index (χ4v) is 2.62. The molecule has 30 heavy (non-hydrogen) atoms. The number of rotatable bonds is 7. The highest BCUT2D eigenvalue weighted by Gasteiger charge is 2.28. The number of hydrogen-bond acceptors (Lipinski definition) is 4. The van der Waals surface area contributed by atoms with Crippen LogP contribution in [0.3, 0.4) is 0 Å². The molecule has 0 saturated carbocycles. The van der Waals surface area contributed by atoms with Crippen LogP contribution in [-0.2, 0) is 14.3 Å². The molecule has 0 spiro atoms. The lowest BCUT2D eigenvalue weighted by atomic mass is 10.1. The number of anilines is 1. The average molecular weight is 411 g/mol. The maximum Gasteiger partial charge on any atom is 0.348 e. The van der Waals surface area contributed by atoms with Gasteiger partial charge in [0, 0.05) is 11.3 Å². The van der Waals surface area contributed by atoms with Gasteiger partial charge in [-0.3, -0.25) is 4.79 Å². The number of hydrogen-bond donors (Lipinski definition) is 1. The molecule has 0 fully saturated rings. The normalized spacial score (nSPS) is 12.5. The van der Waals surface area contributed by atoms with Crippen LogP contribution in [0.1, 0.15) is 18.6 Å². The molecule has 7 heteroatoms. The summed E-state index contributed by atoms with van der Waals surface area (Å²) in [5, 5.41) is 2.60. The fourth-order valence-electron chi connectivity index (χ4n) is 2.62. The van der Waals surface area contributed by atoms with Gasteiger partial charge in [-0.25, -0.2) is 13.6 Å². The van der Waals surface area contributed by atoms with Crippen molar-refractivity contribution in [1.82, 2.24) is 0 Å². The summed E-state index contributed by atoms with van der Waals surface area (Å²) >= 11 is 0. The third kappa shape index (κ3) is 5.64. The summed E-state index contributed by atoms with van der Waals surface area (Å²) in [6.07, 6.45) is -2.29. The first-order valence-electron chi connectivity index (χ1n) is 9.16. The van der Waals surface area contributed by atoms with Crippen LogP contribution >= 0.6 is 0 Å². The maximum atomic E-state index is 13.1. The van der Waals surface area contributed by atoms with Crippen molar-refractivity contribution < 1.29 is 27.8 Å². The number of carbonyl (C=O) groups is 2. The first-order chi connectivity index (χ1) is 14.4. The van der Waals surface area contributed by atoms with Crippen LogP contribution in [0.25, 0.3) is 0 Å². The Balaban J connectivity index is 1.73. The Labute approximate surface area is 172 Å². The van der Waals surface area contributed by atoms with Gasteiger partial charge in [0.05, 0.1) is 0 Å². The molecule has 0 radical (unpaired) electrons. The van der Waals surface area contributed by atoms with Gasteiger partial charge in [0.25, 0.3) is 5.91 Å². The molecule has 0 aliphatic carbocycles. The van der Waals surface area contributed by atoms with Crippen LogP contribution in [0, 0.1) is 11.6 Å². The molecule has 0 aliphatic heterocycles. The molecule has 1 N–H and O–H groups in total. The van der Waals surface area contributed by atoms with E-state index in [1.807, 2.05) is 0 Å². The highest BCUT2D eigenvalue weighted by atomic mass is 19.1. The quantitative estimate of drug-likeness (QED) is 0.575. The van der Waals surface area contributed by atoms with Gasteiger partial charge in [-0.05, 0) is 55.5 Å². The summed E-state index contributed by atoms with van der Waals surface area (Å²) in [4.78, 5) is 25.3. The molecular weight excluding hydrogens is 392 g/mol. The lowest BCUT2D eigenvalue weighted by molar-refractivity contribution is -0.161. The average Bonchev–Trinajstić information content (AvgIpc) is 2.75. The number of benzene rings is 3. The third-order valence-electron chi connectivity index (χ3n) is 4.14. The number of halogens is 2. The first-order valence-corrected chi connectivity index (χ1v) is 9.16. The minimum Gasteiger partial charge on any atom is -0.479 e. The summed E-state index contributed by atoms with van der Waals surface area (Å²) in [7, 11) is 0. The number of ether oxygens (including phenoxy) is 2. The fraction of sp³-hybridized carbons (Fsp3) is 0.130. The van der Waals surface area contributed by atoms with Crippen molar-refractivity contribution in [3.63, 3.8) is 0 Å². The highest BCUT2D eigenvalue weighted by Crippen LogP contribution is 2.22. The minimum atomic E-state index is -1.25. The Morgan fingerprint density at radius 3 is 2.00 bits per heavy atom. The van der Waals surface area contributed by atoms with Gasteiger partial charge >= 0.3 is 5.97 Å². The Bertz CT molecular complexity index is 992. The first kappa shape index (κ1) is 21.0. The van der Waals surface area contributed by atoms with E-state index in [-0.39, 0.29) is 5.75 Å². The Kier molecular flexibility index (Phi) is 6.75. The molecule has 0 bridgehead atoms. The van der Waals surface area contributed by atoms with Gasteiger partial charge in [0.15, 0.2) is 6.10 Å². The number of amides is 1. The van der Waals surface area contributed by atoms with E-state index in [0.717, 1.165) is 0 Å². The van der Waals surface area contributed by atoms with Crippen LogP contribution in [-0.4, -0.2) is 18.0 Å². The van der Waals surface area contributed by atoms with E-state index in [2.05, 4.69) is 5.32 Å². The predicted molar refractivity (Wildman–Crippen MR) is 107 cm³/mol. The van der Waals surface area contributed by atoms with Gasteiger partial charge in [-0.15, -0.1) is 0 Å². The topological polar surface area (TPSA) is 64.6 Å². The highest BCUT2D eigenvalue weighted by molar-refractivity contribution is 5.96. The van der Waals surface area contributed by atoms with Crippen molar-refractivity contribution in [2.24, 2.45) is 0 Å². The third-order valence-corrected chi connectivity index (χ3v) is 4.14. The second-order valence-corrected chi connectivity index (χ2v) is 6.44. The minimum absolute atomic E-state index is 0.285. The largest absolute Gasteiger partial charge is 0.479 e. The number of esters is 1. The van der Waals surface area contributed by atoms with Gasteiger partial charge in [-0.1, -0.05) is 30.3 Å². The molecule has 3 aromatic rings. The molecule has 154 valence electrons. The SMILES string of the molecule is C[C@H](Oc1ccc(F)cc1)C(=O)O[C@H](C(=O)Nc1ccc(F)cc1)c1ccccc1. The summed E-state index contributed by atoms with van der Waals surface area (Å²) in [5.74, 6) is -1.96. The lowest BCUT2D eigenvalue weighted by Gasteiger charge is -2.21. The van der Waals surface area contributed by atoms with Gasteiger partial charge in [0.1, 0.15) is 17.4 Å². The van der Waals surface area contributed by atoms with E-state index in [1.54, 1.807) is 30.3 Å². The summed E-state index contributed by atoms with van der Waals surface area (Å²) < 4.78 is 37.0. The second kappa shape index (κ2) is 9.65. The zero-order chi connectivity index (χ0) is 21.5. The summed E-state index contributed by atoms with van der Waals surface area (Å²) in [6, 6.07) is 18.9. The molecule has 3 rings (SSSR count). The molecule has 0 aromatic heterocycles. The molecule has 0 aliphatic rings. The molecule has 1 amide bonds. The Morgan fingerprint density at radius 2 is 1.40 bits per heavy atom. The monoisotopic (exact) mass is 411 g/mol. The van der Waals surface area contributed by atoms with Crippen LogP contribution in [0.5, 0.6) is 5.75 Å². The van der Waals surface area contributed by atoms with Gasteiger partial charge in [-0.2, -0.15) is 0 Å². The smallest absolute Gasteiger partial charge is 0.348 e. The second-order valence-electron chi connectivity index (χ2n) is 6.44. The van der Waals surface area contributed by atoms with Crippen molar-refractivity contribution in [3.8, 4) is 5.75 Å². The molecule has 3 aromatic carbocycles. The standard InChI is InChI=1S/C23H19F2NO4/c1-15(29-20-13-9-18(25)10-14-20)23(28)30-21(16-5-3-2-4-6-16)22(27)26-19-11-7-17(24)8-12-19/h2-15,21H,1H3,(H,26,27)/t15-,21-/m0/s1. The van der Waals surface area contributed by atoms with E-state index in [9.17, 15) is 18.4 Å². The maximum absolute atomic E-state index is 13.1. The summed E-state index contributed by atoms with van der Waals surface area (Å²) in [5.41, 5.74) is 0.813. The molecule has 0 unspecified atom stereocenters.